The standard InChI is InChI=1S/C21H21N3O2S3/c1-14(24-20(26)18(29-21(24)27)12-16-7-5-11-28-16)19(25)23-10-3-2-8-17(23)15-6-4-9-22-13-15/h4-7,9,11-14,17H,2-3,8,10H2,1H3/b18-12-/t14-,17+/m1/s1. The minimum Gasteiger partial charge on any atom is -0.334 e. The van der Waals surface area contributed by atoms with Crippen molar-refractivity contribution in [2.45, 2.75) is 38.3 Å². The van der Waals surface area contributed by atoms with Gasteiger partial charge in [0.05, 0.1) is 10.9 Å². The van der Waals surface area contributed by atoms with Crippen LogP contribution in [0.4, 0.5) is 0 Å². The molecule has 0 N–H and O–H groups in total. The number of rotatable bonds is 4. The van der Waals surface area contributed by atoms with Crippen LogP contribution in [-0.2, 0) is 9.59 Å². The number of thiophene rings is 1. The van der Waals surface area contributed by atoms with Gasteiger partial charge in [0.25, 0.3) is 5.91 Å². The molecule has 0 spiro atoms. The van der Waals surface area contributed by atoms with Gasteiger partial charge in [0.1, 0.15) is 10.4 Å². The van der Waals surface area contributed by atoms with E-state index in [1.807, 2.05) is 46.8 Å². The number of likely N-dealkylation sites (tertiary alicyclic amines) is 1. The van der Waals surface area contributed by atoms with Crippen LogP contribution in [0, 0.1) is 0 Å². The zero-order chi connectivity index (χ0) is 20.4. The maximum Gasteiger partial charge on any atom is 0.266 e. The van der Waals surface area contributed by atoms with Crippen molar-refractivity contribution in [1.82, 2.24) is 14.8 Å². The third-order valence-corrected chi connectivity index (χ3v) is 7.39. The van der Waals surface area contributed by atoms with Crippen LogP contribution in [0.5, 0.6) is 0 Å². The number of thiocarbonyl (C=S) groups is 1. The van der Waals surface area contributed by atoms with E-state index in [0.717, 1.165) is 29.7 Å². The SMILES string of the molecule is C[C@H](C(=O)N1CCCC[C@H]1c1cccnc1)N1C(=O)/C(=C/c2cccs2)SC1=S. The summed E-state index contributed by atoms with van der Waals surface area (Å²) in [6.45, 7) is 2.46. The number of hydrogen-bond acceptors (Lipinski definition) is 6. The fourth-order valence-corrected chi connectivity index (χ4v) is 5.92. The molecule has 0 aromatic carbocycles. The van der Waals surface area contributed by atoms with Crippen LogP contribution in [-0.4, -0.2) is 43.5 Å². The van der Waals surface area contributed by atoms with Gasteiger partial charge in [0.15, 0.2) is 0 Å². The Bertz CT molecular complexity index is 943. The van der Waals surface area contributed by atoms with Crippen molar-refractivity contribution in [2.24, 2.45) is 0 Å². The van der Waals surface area contributed by atoms with Gasteiger partial charge in [-0.1, -0.05) is 36.1 Å². The fourth-order valence-electron chi connectivity index (χ4n) is 3.78. The van der Waals surface area contributed by atoms with E-state index >= 15 is 0 Å². The van der Waals surface area contributed by atoms with E-state index in [0.29, 0.717) is 15.8 Å². The summed E-state index contributed by atoms with van der Waals surface area (Å²) in [5.41, 5.74) is 1.04. The molecule has 0 unspecified atom stereocenters. The minimum absolute atomic E-state index is 0.00698. The number of hydrogen-bond donors (Lipinski definition) is 0. The van der Waals surface area contributed by atoms with Gasteiger partial charge in [-0.3, -0.25) is 19.5 Å². The molecular formula is C21H21N3O2S3. The molecule has 2 aliphatic rings. The average Bonchev–Trinajstić information content (AvgIpc) is 3.35. The molecule has 4 rings (SSSR count). The lowest BCUT2D eigenvalue weighted by Crippen LogP contribution is -2.51. The van der Waals surface area contributed by atoms with Crippen molar-refractivity contribution in [3.8, 4) is 0 Å². The summed E-state index contributed by atoms with van der Waals surface area (Å²) in [6, 6.07) is 7.17. The first-order valence-electron chi connectivity index (χ1n) is 9.57. The molecule has 5 nitrogen and oxygen atoms in total. The van der Waals surface area contributed by atoms with E-state index in [9.17, 15) is 9.59 Å². The number of aromatic nitrogens is 1. The third-order valence-electron chi connectivity index (χ3n) is 5.24. The second kappa shape index (κ2) is 8.77. The van der Waals surface area contributed by atoms with E-state index < -0.39 is 6.04 Å². The van der Waals surface area contributed by atoms with Gasteiger partial charge in [0, 0.05) is 23.8 Å². The number of thioether (sulfide) groups is 1. The van der Waals surface area contributed by atoms with Crippen LogP contribution in [0.25, 0.3) is 6.08 Å². The highest BCUT2D eigenvalue weighted by Crippen LogP contribution is 2.36. The molecular weight excluding hydrogens is 422 g/mol. The molecule has 0 aliphatic carbocycles. The Labute approximate surface area is 183 Å². The van der Waals surface area contributed by atoms with Gasteiger partial charge in [-0.2, -0.15) is 0 Å². The number of carbonyl (C=O) groups excluding carboxylic acids is 2. The summed E-state index contributed by atoms with van der Waals surface area (Å²) in [6.07, 6.45) is 8.35. The number of pyridine rings is 1. The van der Waals surface area contributed by atoms with Crippen LogP contribution in [0.1, 0.15) is 42.7 Å². The largest absolute Gasteiger partial charge is 0.334 e. The molecule has 4 heterocycles. The molecule has 2 fully saturated rings. The monoisotopic (exact) mass is 443 g/mol. The topological polar surface area (TPSA) is 53.5 Å². The molecule has 0 radical (unpaired) electrons. The molecule has 29 heavy (non-hydrogen) atoms. The molecule has 2 aromatic heterocycles. The molecule has 2 aliphatic heterocycles. The molecule has 150 valence electrons. The van der Waals surface area contributed by atoms with Gasteiger partial charge in [0.2, 0.25) is 5.91 Å². The molecule has 0 saturated carbocycles. The lowest BCUT2D eigenvalue weighted by molar-refractivity contribution is -0.142. The lowest BCUT2D eigenvalue weighted by Gasteiger charge is -2.38. The maximum absolute atomic E-state index is 13.4. The third kappa shape index (κ3) is 4.15. The quantitative estimate of drug-likeness (QED) is 0.515. The number of nitrogens with zero attached hydrogens (tertiary/aromatic N) is 3. The molecule has 2 saturated heterocycles. The second-order valence-electron chi connectivity index (χ2n) is 7.07. The van der Waals surface area contributed by atoms with Gasteiger partial charge in [-0.25, -0.2) is 0 Å². The normalized spacial score (nSPS) is 22.4. The summed E-state index contributed by atoms with van der Waals surface area (Å²) >= 11 is 8.29. The first-order valence-corrected chi connectivity index (χ1v) is 11.7. The molecule has 8 heteroatoms. The number of amides is 2. The molecule has 2 amide bonds. The van der Waals surface area contributed by atoms with E-state index in [4.69, 9.17) is 12.2 Å². The van der Waals surface area contributed by atoms with Crippen LogP contribution >= 0.6 is 35.3 Å². The predicted molar refractivity (Wildman–Crippen MR) is 121 cm³/mol. The Morgan fingerprint density at radius 2 is 2.21 bits per heavy atom. The molecule has 0 bridgehead atoms. The minimum atomic E-state index is -0.631. The Balaban J connectivity index is 1.55. The van der Waals surface area contributed by atoms with E-state index in [-0.39, 0.29) is 17.9 Å². The molecule has 2 aromatic rings. The Kier molecular flexibility index (Phi) is 6.12. The van der Waals surface area contributed by atoms with Gasteiger partial charge in [-0.15, -0.1) is 11.3 Å². The second-order valence-corrected chi connectivity index (χ2v) is 9.73. The van der Waals surface area contributed by atoms with Crippen LogP contribution in [0.3, 0.4) is 0 Å². The Hall–Kier alpha value is -2.03. The predicted octanol–water partition coefficient (Wildman–Crippen LogP) is 4.49. The zero-order valence-electron chi connectivity index (χ0n) is 16.0. The van der Waals surface area contributed by atoms with Crippen molar-refractivity contribution >= 4 is 57.5 Å². The van der Waals surface area contributed by atoms with E-state index in [2.05, 4.69) is 4.98 Å². The number of carbonyl (C=O) groups is 2. The van der Waals surface area contributed by atoms with Crippen LogP contribution < -0.4 is 0 Å². The van der Waals surface area contributed by atoms with Gasteiger partial charge < -0.3 is 4.90 Å². The smallest absolute Gasteiger partial charge is 0.266 e. The summed E-state index contributed by atoms with van der Waals surface area (Å²) in [4.78, 5) is 35.5. The highest BCUT2D eigenvalue weighted by Gasteiger charge is 2.41. The van der Waals surface area contributed by atoms with Crippen LogP contribution in [0.2, 0.25) is 0 Å². The summed E-state index contributed by atoms with van der Waals surface area (Å²) in [5.74, 6) is -0.253. The summed E-state index contributed by atoms with van der Waals surface area (Å²) in [5, 5.41) is 1.97. The van der Waals surface area contributed by atoms with Crippen molar-refractivity contribution in [1.29, 1.82) is 0 Å². The maximum atomic E-state index is 13.4. The van der Waals surface area contributed by atoms with Gasteiger partial charge in [-0.05, 0) is 55.3 Å². The first kappa shape index (κ1) is 20.3. The lowest BCUT2D eigenvalue weighted by atomic mass is 9.95. The van der Waals surface area contributed by atoms with Crippen molar-refractivity contribution in [2.75, 3.05) is 6.54 Å². The Morgan fingerprint density at radius 1 is 1.34 bits per heavy atom. The van der Waals surface area contributed by atoms with Gasteiger partial charge >= 0.3 is 0 Å². The number of piperidine rings is 1. The van der Waals surface area contributed by atoms with E-state index in [1.54, 1.807) is 24.5 Å². The zero-order valence-corrected chi connectivity index (χ0v) is 18.4. The van der Waals surface area contributed by atoms with Crippen molar-refractivity contribution in [3.05, 3.63) is 57.4 Å². The highest BCUT2D eigenvalue weighted by molar-refractivity contribution is 8.26. The van der Waals surface area contributed by atoms with Crippen molar-refractivity contribution in [3.63, 3.8) is 0 Å². The fraction of sp³-hybridized carbons (Fsp3) is 0.333. The summed E-state index contributed by atoms with van der Waals surface area (Å²) in [7, 11) is 0. The average molecular weight is 444 g/mol. The van der Waals surface area contributed by atoms with E-state index in [1.165, 1.54) is 16.7 Å². The van der Waals surface area contributed by atoms with Crippen molar-refractivity contribution < 1.29 is 9.59 Å². The van der Waals surface area contributed by atoms with Crippen LogP contribution in [0.15, 0.2) is 46.9 Å². The highest BCUT2D eigenvalue weighted by atomic mass is 32.2. The molecule has 2 atom stereocenters. The summed E-state index contributed by atoms with van der Waals surface area (Å²) < 4.78 is 0.439. The first-order chi connectivity index (χ1) is 14.1. The Morgan fingerprint density at radius 3 is 2.93 bits per heavy atom.